The van der Waals surface area contributed by atoms with Gasteiger partial charge in [0, 0.05) is 19.6 Å². The van der Waals surface area contributed by atoms with E-state index in [4.69, 9.17) is 0 Å². The molecule has 0 unspecified atom stereocenters. The summed E-state index contributed by atoms with van der Waals surface area (Å²) in [5.74, 6) is 0.392. The molecule has 1 aliphatic heterocycles. The molecule has 1 fully saturated rings. The van der Waals surface area contributed by atoms with Crippen molar-refractivity contribution in [3.8, 4) is 0 Å². The zero-order valence-corrected chi connectivity index (χ0v) is 17.0. The summed E-state index contributed by atoms with van der Waals surface area (Å²) < 4.78 is 6.15. The van der Waals surface area contributed by atoms with Crippen LogP contribution in [0, 0.1) is 5.92 Å². The first-order valence-corrected chi connectivity index (χ1v) is 10.4. The van der Waals surface area contributed by atoms with E-state index in [1.165, 1.54) is 23.4 Å². The second kappa shape index (κ2) is 9.23. The standard InChI is InChI=1S/C20H25N3O4S/c1-14-6-5-10-22(12-14)17(24)13-28-20-21-16-8-4-3-7-15(16)19(26)23(20)11-9-18(25)27-2/h3-4,7-8,14H,5-6,9-13H2,1-2H3/t14-/m1/s1. The number of thioether (sulfide) groups is 1. The van der Waals surface area contributed by atoms with E-state index in [0.717, 1.165) is 25.9 Å². The highest BCUT2D eigenvalue weighted by Crippen LogP contribution is 2.21. The van der Waals surface area contributed by atoms with Gasteiger partial charge in [-0.05, 0) is 30.9 Å². The van der Waals surface area contributed by atoms with E-state index >= 15 is 0 Å². The Hall–Kier alpha value is -2.35. The van der Waals surface area contributed by atoms with Crippen LogP contribution in [0.2, 0.25) is 0 Å². The summed E-state index contributed by atoms with van der Waals surface area (Å²) in [4.78, 5) is 43.5. The van der Waals surface area contributed by atoms with E-state index in [0.29, 0.717) is 22.0 Å². The number of benzene rings is 1. The molecular weight excluding hydrogens is 378 g/mol. The van der Waals surface area contributed by atoms with Crippen LogP contribution in [-0.2, 0) is 20.9 Å². The number of nitrogens with zero attached hydrogens (tertiary/aromatic N) is 3. The summed E-state index contributed by atoms with van der Waals surface area (Å²) in [6.45, 7) is 3.88. The normalized spacial score (nSPS) is 16.9. The summed E-state index contributed by atoms with van der Waals surface area (Å²) in [7, 11) is 1.32. The average Bonchev–Trinajstić information content (AvgIpc) is 2.71. The van der Waals surface area contributed by atoms with Gasteiger partial charge in [0.15, 0.2) is 5.16 Å². The minimum absolute atomic E-state index is 0.0541. The molecule has 0 N–H and O–H groups in total. The van der Waals surface area contributed by atoms with Gasteiger partial charge in [-0.2, -0.15) is 0 Å². The quantitative estimate of drug-likeness (QED) is 0.418. The van der Waals surface area contributed by atoms with Crippen molar-refractivity contribution in [2.45, 2.75) is 37.9 Å². The minimum Gasteiger partial charge on any atom is -0.469 e. The van der Waals surface area contributed by atoms with Gasteiger partial charge in [-0.25, -0.2) is 4.98 Å². The molecule has 0 spiro atoms. The zero-order chi connectivity index (χ0) is 20.1. The molecule has 1 atom stereocenters. The van der Waals surface area contributed by atoms with E-state index in [1.54, 1.807) is 18.2 Å². The van der Waals surface area contributed by atoms with E-state index in [9.17, 15) is 14.4 Å². The zero-order valence-electron chi connectivity index (χ0n) is 16.2. The SMILES string of the molecule is COC(=O)CCn1c(SCC(=O)N2CCC[C@@H](C)C2)nc2ccccc2c1=O. The molecule has 1 aromatic carbocycles. The smallest absolute Gasteiger partial charge is 0.307 e. The maximum atomic E-state index is 12.9. The Morgan fingerprint density at radius 2 is 2.11 bits per heavy atom. The van der Waals surface area contributed by atoms with E-state index < -0.39 is 5.97 Å². The number of carbonyl (C=O) groups excluding carboxylic acids is 2. The van der Waals surface area contributed by atoms with Crippen molar-refractivity contribution in [1.29, 1.82) is 0 Å². The molecular formula is C20H25N3O4S. The predicted octanol–water partition coefficient (Wildman–Crippen LogP) is 2.31. The fourth-order valence-electron chi connectivity index (χ4n) is 3.39. The number of esters is 1. The summed E-state index contributed by atoms with van der Waals surface area (Å²) in [5, 5.41) is 0.943. The second-order valence-electron chi connectivity index (χ2n) is 7.07. The van der Waals surface area contributed by atoms with Crippen LogP contribution in [0.15, 0.2) is 34.2 Å². The summed E-state index contributed by atoms with van der Waals surface area (Å²) in [6.07, 6.45) is 2.24. The van der Waals surface area contributed by atoms with Crippen LogP contribution in [0.3, 0.4) is 0 Å². The van der Waals surface area contributed by atoms with Crippen LogP contribution in [0.1, 0.15) is 26.2 Å². The van der Waals surface area contributed by atoms with Gasteiger partial charge in [0.2, 0.25) is 5.91 Å². The van der Waals surface area contributed by atoms with Gasteiger partial charge in [0.1, 0.15) is 0 Å². The van der Waals surface area contributed by atoms with Crippen molar-refractivity contribution in [1.82, 2.24) is 14.5 Å². The molecule has 1 amide bonds. The minimum atomic E-state index is -0.394. The van der Waals surface area contributed by atoms with Crippen LogP contribution in [0.4, 0.5) is 0 Å². The molecule has 0 aliphatic carbocycles. The highest BCUT2D eigenvalue weighted by molar-refractivity contribution is 7.99. The average molecular weight is 404 g/mol. The molecule has 3 rings (SSSR count). The van der Waals surface area contributed by atoms with Crippen molar-refractivity contribution in [3.63, 3.8) is 0 Å². The molecule has 2 heterocycles. The third-order valence-electron chi connectivity index (χ3n) is 4.93. The molecule has 1 saturated heterocycles. The van der Waals surface area contributed by atoms with Gasteiger partial charge in [-0.15, -0.1) is 0 Å². The number of amides is 1. The van der Waals surface area contributed by atoms with E-state index in [1.807, 2.05) is 11.0 Å². The van der Waals surface area contributed by atoms with E-state index in [2.05, 4.69) is 16.6 Å². The maximum Gasteiger partial charge on any atom is 0.307 e. The van der Waals surface area contributed by atoms with Crippen molar-refractivity contribution < 1.29 is 14.3 Å². The van der Waals surface area contributed by atoms with Crippen molar-refractivity contribution in [2.75, 3.05) is 26.0 Å². The fraction of sp³-hybridized carbons (Fsp3) is 0.500. The lowest BCUT2D eigenvalue weighted by Gasteiger charge is -2.30. The van der Waals surface area contributed by atoms with Crippen LogP contribution < -0.4 is 5.56 Å². The third kappa shape index (κ3) is 4.73. The number of piperidine rings is 1. The summed E-state index contributed by atoms with van der Waals surface area (Å²) in [6, 6.07) is 7.10. The Morgan fingerprint density at radius 3 is 2.86 bits per heavy atom. The molecule has 1 aliphatic rings. The van der Waals surface area contributed by atoms with Gasteiger partial charge in [0.25, 0.3) is 5.56 Å². The number of fused-ring (bicyclic) bond motifs is 1. The number of likely N-dealkylation sites (tertiary alicyclic amines) is 1. The lowest BCUT2D eigenvalue weighted by Crippen LogP contribution is -2.40. The van der Waals surface area contributed by atoms with E-state index in [-0.39, 0.29) is 30.2 Å². The molecule has 7 nitrogen and oxygen atoms in total. The second-order valence-corrected chi connectivity index (χ2v) is 8.01. The largest absolute Gasteiger partial charge is 0.469 e. The third-order valence-corrected chi connectivity index (χ3v) is 5.89. The number of carbonyl (C=O) groups is 2. The molecule has 0 radical (unpaired) electrons. The number of rotatable bonds is 6. The number of aromatic nitrogens is 2. The Kier molecular flexibility index (Phi) is 6.72. The van der Waals surface area contributed by atoms with Gasteiger partial charge in [-0.3, -0.25) is 19.0 Å². The molecule has 1 aromatic heterocycles. The predicted molar refractivity (Wildman–Crippen MR) is 108 cm³/mol. The van der Waals surface area contributed by atoms with Crippen LogP contribution in [0.5, 0.6) is 0 Å². The highest BCUT2D eigenvalue weighted by Gasteiger charge is 2.22. The van der Waals surface area contributed by atoms with Gasteiger partial charge >= 0.3 is 5.97 Å². The monoisotopic (exact) mass is 403 g/mol. The Balaban J connectivity index is 1.82. The molecule has 0 bridgehead atoms. The molecule has 2 aromatic rings. The number of hydrogen-bond donors (Lipinski definition) is 0. The Morgan fingerprint density at radius 1 is 1.32 bits per heavy atom. The summed E-state index contributed by atoms with van der Waals surface area (Å²) in [5.41, 5.74) is 0.374. The van der Waals surface area contributed by atoms with Crippen molar-refractivity contribution in [3.05, 3.63) is 34.6 Å². The summed E-state index contributed by atoms with van der Waals surface area (Å²) >= 11 is 1.25. The van der Waals surface area contributed by atoms with Gasteiger partial charge < -0.3 is 9.64 Å². The van der Waals surface area contributed by atoms with Crippen LogP contribution >= 0.6 is 11.8 Å². The maximum absolute atomic E-state index is 12.9. The Bertz CT molecular complexity index is 927. The molecule has 28 heavy (non-hydrogen) atoms. The first kappa shape index (κ1) is 20.4. The molecule has 8 heteroatoms. The lowest BCUT2D eigenvalue weighted by molar-refractivity contribution is -0.140. The van der Waals surface area contributed by atoms with Gasteiger partial charge in [-0.1, -0.05) is 30.8 Å². The van der Waals surface area contributed by atoms with Crippen molar-refractivity contribution >= 4 is 34.5 Å². The lowest BCUT2D eigenvalue weighted by atomic mass is 10.0. The first-order chi connectivity index (χ1) is 13.5. The van der Waals surface area contributed by atoms with Gasteiger partial charge in [0.05, 0.1) is 30.2 Å². The van der Waals surface area contributed by atoms with Crippen molar-refractivity contribution in [2.24, 2.45) is 5.92 Å². The number of hydrogen-bond acceptors (Lipinski definition) is 6. The Labute approximate surface area is 168 Å². The number of methoxy groups -OCH3 is 1. The van der Waals surface area contributed by atoms with Crippen LogP contribution in [0.25, 0.3) is 10.9 Å². The fourth-order valence-corrected chi connectivity index (χ4v) is 4.32. The number of para-hydroxylation sites is 1. The van der Waals surface area contributed by atoms with Crippen LogP contribution in [-0.4, -0.2) is 52.3 Å². The highest BCUT2D eigenvalue weighted by atomic mass is 32.2. The number of ether oxygens (including phenoxy) is 1. The first-order valence-electron chi connectivity index (χ1n) is 9.46. The topological polar surface area (TPSA) is 81.5 Å². The molecule has 150 valence electrons. The molecule has 0 saturated carbocycles.